The second-order valence-corrected chi connectivity index (χ2v) is 6.44. The number of carbonyl (C=O) groups is 3. The van der Waals surface area contributed by atoms with E-state index < -0.39 is 24.4 Å². The van der Waals surface area contributed by atoms with Gasteiger partial charge in [-0.05, 0) is 29.0 Å². The zero-order chi connectivity index (χ0) is 18.2. The van der Waals surface area contributed by atoms with Crippen molar-refractivity contribution >= 4 is 29.1 Å². The molecular weight excluding hydrogens is 342 g/mol. The third-order valence-corrected chi connectivity index (χ3v) is 4.12. The third-order valence-electron chi connectivity index (χ3n) is 3.25. The summed E-state index contributed by atoms with van der Waals surface area (Å²) in [7, 11) is 0. The fraction of sp³-hybridized carbons (Fsp3) is 0.278. The Labute approximate surface area is 149 Å². The van der Waals surface area contributed by atoms with Crippen LogP contribution in [0.1, 0.15) is 35.0 Å². The van der Waals surface area contributed by atoms with Crippen molar-refractivity contribution in [3.63, 3.8) is 0 Å². The minimum Gasteiger partial charge on any atom is -0.482 e. The van der Waals surface area contributed by atoms with Crippen LogP contribution >= 0.6 is 11.3 Å². The Morgan fingerprint density at radius 1 is 1.08 bits per heavy atom. The molecule has 0 saturated heterocycles. The molecule has 7 heteroatoms. The van der Waals surface area contributed by atoms with Crippen LogP contribution in [0, 0.1) is 0 Å². The predicted octanol–water partition coefficient (Wildman–Crippen LogP) is 2.75. The first-order valence-corrected chi connectivity index (χ1v) is 8.60. The van der Waals surface area contributed by atoms with Gasteiger partial charge in [0.05, 0.1) is 4.88 Å². The Morgan fingerprint density at radius 3 is 2.52 bits per heavy atom. The Hall–Kier alpha value is -2.67. The fourth-order valence-corrected chi connectivity index (χ4v) is 2.66. The van der Waals surface area contributed by atoms with E-state index in [9.17, 15) is 14.4 Å². The molecule has 2 amide bonds. The van der Waals surface area contributed by atoms with Gasteiger partial charge in [-0.1, -0.05) is 38.1 Å². The first-order valence-electron chi connectivity index (χ1n) is 7.72. The highest BCUT2D eigenvalue weighted by atomic mass is 32.1. The number of carbonyl (C=O) groups excluding carboxylic acids is 3. The second-order valence-electron chi connectivity index (χ2n) is 5.50. The topological polar surface area (TPSA) is 81.7 Å². The SMILES string of the molecule is CC(C)c1ccccc1OCC(=O)OCC(=O)NC(=O)c1cccs1. The molecule has 0 fully saturated rings. The monoisotopic (exact) mass is 361 g/mol. The molecule has 1 N–H and O–H groups in total. The van der Waals surface area contributed by atoms with Gasteiger partial charge < -0.3 is 9.47 Å². The minimum atomic E-state index is -0.686. The first kappa shape index (κ1) is 18.7. The molecule has 0 unspecified atom stereocenters. The van der Waals surface area contributed by atoms with Crippen molar-refractivity contribution in [3.8, 4) is 5.75 Å². The number of benzene rings is 1. The van der Waals surface area contributed by atoms with Gasteiger partial charge in [0.2, 0.25) is 0 Å². The Bertz CT molecular complexity index is 740. The third kappa shape index (κ3) is 5.72. The summed E-state index contributed by atoms with van der Waals surface area (Å²) in [6.07, 6.45) is 0. The second kappa shape index (κ2) is 8.98. The van der Waals surface area contributed by atoms with Gasteiger partial charge in [-0.3, -0.25) is 14.9 Å². The smallest absolute Gasteiger partial charge is 0.344 e. The quantitative estimate of drug-likeness (QED) is 0.767. The molecular formula is C18H19NO5S. The number of esters is 1. The number of ether oxygens (including phenoxy) is 2. The summed E-state index contributed by atoms with van der Waals surface area (Å²) in [6.45, 7) is 3.20. The van der Waals surface area contributed by atoms with Crippen molar-refractivity contribution in [2.45, 2.75) is 19.8 Å². The summed E-state index contributed by atoms with van der Waals surface area (Å²) in [4.78, 5) is 35.4. The molecule has 0 atom stereocenters. The van der Waals surface area contributed by atoms with E-state index in [4.69, 9.17) is 9.47 Å². The maximum Gasteiger partial charge on any atom is 0.344 e. The van der Waals surface area contributed by atoms with Crippen LogP contribution in [0.15, 0.2) is 41.8 Å². The van der Waals surface area contributed by atoms with E-state index in [-0.39, 0.29) is 12.5 Å². The van der Waals surface area contributed by atoms with E-state index in [2.05, 4.69) is 5.32 Å². The number of hydrogen-bond acceptors (Lipinski definition) is 6. The summed E-state index contributed by atoms with van der Waals surface area (Å²) in [5.41, 5.74) is 0.981. The first-order chi connectivity index (χ1) is 12.0. The van der Waals surface area contributed by atoms with Gasteiger partial charge >= 0.3 is 5.97 Å². The van der Waals surface area contributed by atoms with E-state index in [1.165, 1.54) is 11.3 Å². The molecule has 2 rings (SSSR count). The van der Waals surface area contributed by atoms with Crippen molar-refractivity contribution in [3.05, 3.63) is 52.2 Å². The van der Waals surface area contributed by atoms with Crippen molar-refractivity contribution in [1.82, 2.24) is 5.32 Å². The summed E-state index contributed by atoms with van der Waals surface area (Å²) >= 11 is 1.21. The highest BCUT2D eigenvalue weighted by Gasteiger charge is 2.14. The van der Waals surface area contributed by atoms with Crippen LogP contribution in [0.2, 0.25) is 0 Å². The molecule has 0 aliphatic rings. The molecule has 0 spiro atoms. The molecule has 0 aliphatic heterocycles. The molecule has 0 aliphatic carbocycles. The van der Waals surface area contributed by atoms with Gasteiger partial charge in [0.25, 0.3) is 11.8 Å². The number of imide groups is 1. The van der Waals surface area contributed by atoms with Gasteiger partial charge in [0, 0.05) is 0 Å². The summed E-state index contributed by atoms with van der Waals surface area (Å²) in [5.74, 6) is -1.03. The number of nitrogens with one attached hydrogen (secondary N) is 1. The van der Waals surface area contributed by atoms with Gasteiger partial charge in [0.1, 0.15) is 5.75 Å². The number of rotatable bonds is 7. The summed E-state index contributed by atoms with van der Waals surface area (Å²) in [6, 6.07) is 10.7. The summed E-state index contributed by atoms with van der Waals surface area (Å²) in [5, 5.41) is 3.88. The van der Waals surface area contributed by atoms with Crippen LogP contribution in [0.4, 0.5) is 0 Å². The standard InChI is InChI=1S/C18H19NO5S/c1-12(2)13-6-3-4-7-14(13)23-11-17(21)24-10-16(20)19-18(22)15-8-5-9-25-15/h3-9,12H,10-11H2,1-2H3,(H,19,20,22). The van der Waals surface area contributed by atoms with Crippen molar-refractivity contribution in [2.24, 2.45) is 0 Å². The highest BCUT2D eigenvalue weighted by molar-refractivity contribution is 7.12. The normalized spacial score (nSPS) is 10.4. The van der Waals surface area contributed by atoms with Gasteiger partial charge in [0.15, 0.2) is 13.2 Å². The lowest BCUT2D eigenvalue weighted by molar-refractivity contribution is -0.150. The molecule has 0 saturated carbocycles. The largest absolute Gasteiger partial charge is 0.482 e. The van der Waals surface area contributed by atoms with E-state index in [0.717, 1.165) is 5.56 Å². The lowest BCUT2D eigenvalue weighted by Gasteiger charge is -2.13. The predicted molar refractivity (Wildman–Crippen MR) is 93.8 cm³/mol. The lowest BCUT2D eigenvalue weighted by Crippen LogP contribution is -2.34. The van der Waals surface area contributed by atoms with Gasteiger partial charge in [-0.25, -0.2) is 4.79 Å². The van der Waals surface area contributed by atoms with E-state index in [1.807, 2.05) is 32.0 Å². The molecule has 1 aromatic carbocycles. The molecule has 2 aromatic rings. The van der Waals surface area contributed by atoms with Crippen molar-refractivity contribution in [1.29, 1.82) is 0 Å². The number of para-hydroxylation sites is 1. The molecule has 132 valence electrons. The average molecular weight is 361 g/mol. The molecule has 0 radical (unpaired) electrons. The molecule has 1 heterocycles. The highest BCUT2D eigenvalue weighted by Crippen LogP contribution is 2.25. The average Bonchev–Trinajstić information content (AvgIpc) is 3.13. The van der Waals surface area contributed by atoms with Crippen molar-refractivity contribution in [2.75, 3.05) is 13.2 Å². The number of hydrogen-bond donors (Lipinski definition) is 1. The van der Waals surface area contributed by atoms with E-state index >= 15 is 0 Å². The Morgan fingerprint density at radius 2 is 1.84 bits per heavy atom. The Balaban J connectivity index is 1.75. The fourth-order valence-electron chi connectivity index (χ4n) is 2.05. The lowest BCUT2D eigenvalue weighted by atomic mass is 10.0. The maximum atomic E-state index is 11.7. The minimum absolute atomic E-state index is 0.251. The van der Waals surface area contributed by atoms with Crippen LogP contribution in [-0.2, 0) is 14.3 Å². The van der Waals surface area contributed by atoms with Crippen LogP contribution in [-0.4, -0.2) is 31.0 Å². The number of amides is 2. The molecule has 25 heavy (non-hydrogen) atoms. The molecule has 6 nitrogen and oxygen atoms in total. The Kier molecular flexibility index (Phi) is 6.71. The van der Waals surface area contributed by atoms with E-state index in [1.54, 1.807) is 23.6 Å². The van der Waals surface area contributed by atoms with Crippen LogP contribution in [0.5, 0.6) is 5.75 Å². The molecule has 1 aromatic heterocycles. The zero-order valence-electron chi connectivity index (χ0n) is 14.0. The maximum absolute atomic E-state index is 11.7. The van der Waals surface area contributed by atoms with E-state index in [0.29, 0.717) is 10.6 Å². The molecule has 0 bridgehead atoms. The van der Waals surface area contributed by atoms with Gasteiger partial charge in [-0.2, -0.15) is 0 Å². The summed E-state index contributed by atoms with van der Waals surface area (Å²) < 4.78 is 10.3. The van der Waals surface area contributed by atoms with Crippen LogP contribution in [0.3, 0.4) is 0 Å². The zero-order valence-corrected chi connectivity index (χ0v) is 14.8. The number of thiophene rings is 1. The van der Waals surface area contributed by atoms with Gasteiger partial charge in [-0.15, -0.1) is 11.3 Å². The van der Waals surface area contributed by atoms with Crippen molar-refractivity contribution < 1.29 is 23.9 Å². The van der Waals surface area contributed by atoms with Crippen LogP contribution in [0.25, 0.3) is 0 Å². The van der Waals surface area contributed by atoms with Crippen LogP contribution < -0.4 is 10.1 Å².